The summed E-state index contributed by atoms with van der Waals surface area (Å²) >= 11 is 0. The molecule has 0 spiro atoms. The van der Waals surface area contributed by atoms with E-state index in [1.54, 1.807) is 6.20 Å². The van der Waals surface area contributed by atoms with Crippen LogP contribution >= 0.6 is 0 Å². The number of halogens is 2. The highest BCUT2D eigenvalue weighted by Gasteiger charge is 2.43. The highest BCUT2D eigenvalue weighted by molar-refractivity contribution is 5.92. The van der Waals surface area contributed by atoms with E-state index in [1.165, 1.54) is 30.6 Å². The lowest BCUT2D eigenvalue weighted by Gasteiger charge is -2.53. The normalized spacial score (nSPS) is 18.5. The predicted molar refractivity (Wildman–Crippen MR) is 173 cm³/mol. The monoisotopic (exact) mass is 659 g/mol. The molecule has 6 rings (SSSR count). The van der Waals surface area contributed by atoms with Crippen molar-refractivity contribution in [3.8, 4) is 17.8 Å². The number of hydrogen-bond donors (Lipinski definition) is 0. The van der Waals surface area contributed by atoms with Crippen LogP contribution in [-0.2, 0) is 6.54 Å². The van der Waals surface area contributed by atoms with Gasteiger partial charge in [0, 0.05) is 69.7 Å². The summed E-state index contributed by atoms with van der Waals surface area (Å²) in [5.41, 5.74) is 3.31. The number of carbonyl (C=O) groups excluding carboxylic acids is 1. The predicted octanol–water partition coefficient (Wildman–Crippen LogP) is 4.16. The van der Waals surface area contributed by atoms with Gasteiger partial charge in [0.1, 0.15) is 5.69 Å². The molecule has 1 amide bonds. The van der Waals surface area contributed by atoms with Gasteiger partial charge < -0.3 is 19.1 Å². The Balaban J connectivity index is 1.36. The van der Waals surface area contributed by atoms with Crippen molar-refractivity contribution in [1.29, 1.82) is 0 Å². The molecule has 252 valence electrons. The number of carbonyl (C=O) groups is 1. The molecule has 0 unspecified atom stereocenters. The molecule has 0 saturated carbocycles. The fraction of sp³-hybridized carbons (Fsp3) is 0.400. The highest BCUT2D eigenvalue weighted by Crippen LogP contribution is 2.37. The molecule has 4 aromatic rings. The Morgan fingerprint density at radius 1 is 0.917 bits per heavy atom. The Hall–Kier alpha value is -4.75. The second-order valence-electron chi connectivity index (χ2n) is 11.7. The zero-order chi connectivity index (χ0) is 33.5. The van der Waals surface area contributed by atoms with Crippen molar-refractivity contribution in [2.75, 3.05) is 53.0 Å². The van der Waals surface area contributed by atoms with Crippen LogP contribution in [0.4, 0.5) is 8.78 Å². The lowest BCUT2D eigenvalue weighted by Crippen LogP contribution is -2.67. The third-order valence-corrected chi connectivity index (χ3v) is 8.75. The van der Waals surface area contributed by atoms with Crippen molar-refractivity contribution in [2.45, 2.75) is 37.9 Å². The molecule has 11 nitrogen and oxygen atoms in total. The molecule has 2 saturated heterocycles. The van der Waals surface area contributed by atoms with E-state index in [0.717, 1.165) is 0 Å². The van der Waals surface area contributed by atoms with Crippen molar-refractivity contribution >= 4 is 5.91 Å². The third-order valence-electron chi connectivity index (χ3n) is 8.75. The van der Waals surface area contributed by atoms with Crippen molar-refractivity contribution in [3.63, 3.8) is 0 Å². The van der Waals surface area contributed by atoms with Crippen molar-refractivity contribution in [1.82, 2.24) is 34.6 Å². The molecule has 0 aliphatic carbocycles. The minimum Gasteiger partial charge on any atom is -0.481 e. The Morgan fingerprint density at radius 2 is 1.62 bits per heavy atom. The van der Waals surface area contributed by atoms with E-state index >= 15 is 0 Å². The van der Waals surface area contributed by atoms with Crippen LogP contribution < -0.4 is 14.2 Å². The number of piperazine rings is 2. The van der Waals surface area contributed by atoms with Crippen molar-refractivity contribution in [2.24, 2.45) is 0 Å². The molecule has 4 heterocycles. The number of aromatic nitrogens is 4. The van der Waals surface area contributed by atoms with Crippen LogP contribution in [-0.4, -0.2) is 112 Å². The molecule has 48 heavy (non-hydrogen) atoms. The molecule has 2 aliphatic heterocycles. The summed E-state index contributed by atoms with van der Waals surface area (Å²) in [7, 11) is 1.47. The second kappa shape index (κ2) is 15.4. The van der Waals surface area contributed by atoms with Crippen molar-refractivity contribution < 1.29 is 27.8 Å². The second-order valence-corrected chi connectivity index (χ2v) is 11.7. The van der Waals surface area contributed by atoms with Gasteiger partial charge in [0.2, 0.25) is 11.8 Å². The van der Waals surface area contributed by atoms with Crippen molar-refractivity contribution in [3.05, 3.63) is 102 Å². The Morgan fingerprint density at radius 3 is 2.25 bits per heavy atom. The first-order valence-corrected chi connectivity index (χ1v) is 16.1. The number of methoxy groups -OCH3 is 1. The van der Waals surface area contributed by atoms with Crippen LogP contribution in [0.15, 0.2) is 79.3 Å². The van der Waals surface area contributed by atoms with Gasteiger partial charge in [0.15, 0.2) is 6.61 Å². The van der Waals surface area contributed by atoms with E-state index in [-0.39, 0.29) is 41.7 Å². The molecule has 0 N–H and O–H groups in total. The minimum absolute atomic E-state index is 0.0100. The molecule has 2 aromatic heterocycles. The lowest BCUT2D eigenvalue weighted by molar-refractivity contribution is -0.0293. The number of hydrogen-bond acceptors (Lipinski definition) is 10. The van der Waals surface area contributed by atoms with Gasteiger partial charge in [-0.15, -0.1) is 0 Å². The number of benzene rings is 2. The average Bonchev–Trinajstić information content (AvgIpc) is 3.12. The van der Waals surface area contributed by atoms with Gasteiger partial charge in [-0.2, -0.15) is 9.97 Å². The summed E-state index contributed by atoms with van der Waals surface area (Å²) in [6.07, 6.45) is 1.90. The summed E-state index contributed by atoms with van der Waals surface area (Å²) in [4.78, 5) is 37.2. The van der Waals surface area contributed by atoms with Gasteiger partial charge in [0.05, 0.1) is 25.5 Å². The summed E-state index contributed by atoms with van der Waals surface area (Å²) in [6.45, 7) is 4.72. The number of rotatable bonds is 12. The quantitative estimate of drug-likeness (QED) is 0.220. The maximum absolute atomic E-state index is 13.5. The van der Waals surface area contributed by atoms with Crippen LogP contribution in [0.1, 0.15) is 40.0 Å². The topological polar surface area (TPSA) is 106 Å². The van der Waals surface area contributed by atoms with Gasteiger partial charge in [-0.05, 0) is 18.1 Å². The zero-order valence-electron chi connectivity index (χ0n) is 27.0. The maximum atomic E-state index is 13.5. The standard InChI is InChI=1S/C35H39F2N7O4/c1-3-47-33-27(32(46-2)40-35(41-33)48-23-30(36)37)21-42-19-26-20-43(34(45)28-18-38-14-15-39-28)16-17-44(26)29(22-42)31(24-10-6-4-7-11-24)25-12-8-5-9-13-25/h4-15,18,26,29-31H,3,16-17,19-23H2,1-2H3/t26-,29+/m1/s1. The lowest BCUT2D eigenvalue weighted by atomic mass is 9.81. The number of amides is 1. The molecule has 0 bridgehead atoms. The fourth-order valence-electron chi connectivity index (χ4n) is 6.76. The molecule has 2 aliphatic rings. The molecule has 13 heteroatoms. The van der Waals surface area contributed by atoms with E-state index < -0.39 is 13.0 Å². The Kier molecular flexibility index (Phi) is 10.7. The molecule has 2 aromatic carbocycles. The SMILES string of the molecule is CCOc1nc(OCC(F)F)nc(OC)c1CN1C[C@@H]2CN(C(=O)c3cnccn3)CCN2[C@H](C(c2ccccc2)c2ccccc2)C1. The van der Waals surface area contributed by atoms with Crippen LogP contribution in [0.25, 0.3) is 0 Å². The van der Waals surface area contributed by atoms with Gasteiger partial charge >= 0.3 is 6.01 Å². The van der Waals surface area contributed by atoms with E-state index in [9.17, 15) is 13.6 Å². The number of alkyl halides is 2. The van der Waals surface area contributed by atoms with Crippen LogP contribution in [0.2, 0.25) is 0 Å². The first kappa shape index (κ1) is 33.2. The molecular weight excluding hydrogens is 620 g/mol. The third kappa shape index (κ3) is 7.52. The molecular formula is C35H39F2N7O4. The van der Waals surface area contributed by atoms with Crippen LogP contribution in [0.3, 0.4) is 0 Å². The summed E-state index contributed by atoms with van der Waals surface area (Å²) in [6, 6.07) is 20.8. The van der Waals surface area contributed by atoms with Crippen LogP contribution in [0, 0.1) is 0 Å². The Labute approximate surface area is 278 Å². The van der Waals surface area contributed by atoms with E-state index in [1.807, 2.05) is 24.0 Å². The fourth-order valence-corrected chi connectivity index (χ4v) is 6.76. The first-order valence-electron chi connectivity index (χ1n) is 16.1. The number of fused-ring (bicyclic) bond motifs is 1. The van der Waals surface area contributed by atoms with Gasteiger partial charge in [-0.25, -0.2) is 13.8 Å². The highest BCUT2D eigenvalue weighted by atomic mass is 19.3. The molecule has 2 atom stereocenters. The number of ether oxygens (including phenoxy) is 3. The summed E-state index contributed by atoms with van der Waals surface area (Å²) in [5, 5.41) is 0. The molecule has 0 radical (unpaired) electrons. The largest absolute Gasteiger partial charge is 0.481 e. The van der Waals surface area contributed by atoms with Gasteiger partial charge in [0.25, 0.3) is 12.3 Å². The van der Waals surface area contributed by atoms with E-state index in [4.69, 9.17) is 14.2 Å². The smallest absolute Gasteiger partial charge is 0.323 e. The molecule has 2 fully saturated rings. The van der Waals surface area contributed by atoms with Crippen LogP contribution in [0.5, 0.6) is 17.8 Å². The average molecular weight is 660 g/mol. The maximum Gasteiger partial charge on any atom is 0.323 e. The van der Waals surface area contributed by atoms with Gasteiger partial charge in [-0.3, -0.25) is 19.6 Å². The van der Waals surface area contributed by atoms with E-state index in [0.29, 0.717) is 57.1 Å². The summed E-state index contributed by atoms with van der Waals surface area (Å²) < 4.78 is 42.5. The summed E-state index contributed by atoms with van der Waals surface area (Å²) in [5.74, 6) is 0.308. The van der Waals surface area contributed by atoms with Gasteiger partial charge in [-0.1, -0.05) is 60.7 Å². The Bertz CT molecular complexity index is 1600. The minimum atomic E-state index is -2.68. The number of nitrogens with zero attached hydrogens (tertiary/aromatic N) is 7. The zero-order valence-corrected chi connectivity index (χ0v) is 27.0. The van der Waals surface area contributed by atoms with E-state index in [2.05, 4.69) is 78.3 Å². The first-order chi connectivity index (χ1) is 23.4.